The fourth-order valence-electron chi connectivity index (χ4n) is 2.40. The van der Waals surface area contributed by atoms with Gasteiger partial charge in [-0.15, -0.1) is 11.8 Å². The van der Waals surface area contributed by atoms with Gasteiger partial charge in [0, 0.05) is 4.90 Å². The standard InChI is InChI=1S/C17H14N2OS/c18-11-14(12-6-2-1-3-7-12)19-17(20)16-10-13-8-4-5-9-15(13)21-16/h1-9,14,16H,10H2,(H,19,20). The molecular formula is C17H14N2OS. The molecule has 2 atom stereocenters. The SMILES string of the molecule is N#CC(NC(=O)C1Cc2ccccc2S1)c1ccccc1. The molecule has 1 amide bonds. The van der Waals surface area contributed by atoms with Crippen LogP contribution >= 0.6 is 11.8 Å². The Labute approximate surface area is 128 Å². The van der Waals surface area contributed by atoms with Crippen LogP contribution < -0.4 is 5.32 Å². The van der Waals surface area contributed by atoms with Crippen molar-refractivity contribution in [3.05, 3.63) is 65.7 Å². The second-order valence-electron chi connectivity index (χ2n) is 4.90. The van der Waals surface area contributed by atoms with E-state index in [-0.39, 0.29) is 11.2 Å². The summed E-state index contributed by atoms with van der Waals surface area (Å²) in [6, 6.07) is 18.9. The highest BCUT2D eigenvalue weighted by Gasteiger charge is 2.29. The molecule has 0 fully saturated rings. The van der Waals surface area contributed by atoms with Crippen LogP contribution in [0.15, 0.2) is 59.5 Å². The number of hydrogen-bond acceptors (Lipinski definition) is 3. The first-order valence-electron chi connectivity index (χ1n) is 6.77. The zero-order valence-electron chi connectivity index (χ0n) is 11.3. The number of carbonyl (C=O) groups excluding carboxylic acids is 1. The molecule has 104 valence electrons. The van der Waals surface area contributed by atoms with Crippen LogP contribution in [-0.2, 0) is 11.2 Å². The smallest absolute Gasteiger partial charge is 0.235 e. The lowest BCUT2D eigenvalue weighted by Gasteiger charge is -2.14. The fourth-order valence-corrected chi connectivity index (χ4v) is 3.60. The molecule has 0 saturated heterocycles. The Kier molecular flexibility index (Phi) is 3.94. The minimum Gasteiger partial charge on any atom is -0.336 e. The van der Waals surface area contributed by atoms with Gasteiger partial charge in [-0.25, -0.2) is 0 Å². The fraction of sp³-hybridized carbons (Fsp3) is 0.176. The molecule has 1 aliphatic heterocycles. The molecule has 2 unspecified atom stereocenters. The van der Waals surface area contributed by atoms with E-state index >= 15 is 0 Å². The lowest BCUT2D eigenvalue weighted by atomic mass is 10.1. The maximum Gasteiger partial charge on any atom is 0.235 e. The Morgan fingerprint density at radius 3 is 2.62 bits per heavy atom. The van der Waals surface area contributed by atoms with Gasteiger partial charge in [0.05, 0.1) is 11.3 Å². The van der Waals surface area contributed by atoms with Gasteiger partial charge < -0.3 is 5.32 Å². The number of carbonyl (C=O) groups is 1. The zero-order chi connectivity index (χ0) is 14.7. The van der Waals surface area contributed by atoms with Crippen molar-refractivity contribution >= 4 is 17.7 Å². The normalized spacial score (nSPS) is 17.6. The molecule has 0 radical (unpaired) electrons. The van der Waals surface area contributed by atoms with E-state index in [9.17, 15) is 10.1 Å². The van der Waals surface area contributed by atoms with E-state index in [1.54, 1.807) is 11.8 Å². The van der Waals surface area contributed by atoms with Crippen LogP contribution in [0.2, 0.25) is 0 Å². The molecule has 21 heavy (non-hydrogen) atoms. The molecule has 3 rings (SSSR count). The first-order valence-corrected chi connectivity index (χ1v) is 7.65. The summed E-state index contributed by atoms with van der Waals surface area (Å²) in [5.41, 5.74) is 2.02. The zero-order valence-corrected chi connectivity index (χ0v) is 12.1. The van der Waals surface area contributed by atoms with Gasteiger partial charge in [0.1, 0.15) is 6.04 Å². The lowest BCUT2D eigenvalue weighted by molar-refractivity contribution is -0.120. The number of rotatable bonds is 3. The highest BCUT2D eigenvalue weighted by atomic mass is 32.2. The third-order valence-corrected chi connectivity index (χ3v) is 4.81. The number of nitriles is 1. The van der Waals surface area contributed by atoms with Gasteiger partial charge in [-0.3, -0.25) is 4.79 Å². The van der Waals surface area contributed by atoms with E-state index in [2.05, 4.69) is 17.5 Å². The van der Waals surface area contributed by atoms with Crippen molar-refractivity contribution in [2.24, 2.45) is 0 Å². The summed E-state index contributed by atoms with van der Waals surface area (Å²) in [5.74, 6) is -0.0772. The first-order chi connectivity index (χ1) is 10.3. The van der Waals surface area contributed by atoms with Gasteiger partial charge in [-0.2, -0.15) is 5.26 Å². The third-order valence-electron chi connectivity index (χ3n) is 3.49. The molecule has 2 aromatic carbocycles. The predicted molar refractivity (Wildman–Crippen MR) is 82.7 cm³/mol. The molecule has 4 heteroatoms. The predicted octanol–water partition coefficient (Wildman–Crippen LogP) is 3.08. The Hall–Kier alpha value is -2.25. The van der Waals surface area contributed by atoms with E-state index in [0.29, 0.717) is 0 Å². The molecule has 0 aliphatic carbocycles. The van der Waals surface area contributed by atoms with Crippen LogP contribution in [0.4, 0.5) is 0 Å². The molecule has 1 N–H and O–H groups in total. The highest BCUT2D eigenvalue weighted by Crippen LogP contribution is 2.37. The summed E-state index contributed by atoms with van der Waals surface area (Å²) in [7, 11) is 0. The van der Waals surface area contributed by atoms with Gasteiger partial charge in [0.15, 0.2) is 0 Å². The number of fused-ring (bicyclic) bond motifs is 1. The second-order valence-corrected chi connectivity index (χ2v) is 6.14. The summed E-state index contributed by atoms with van der Waals surface area (Å²) in [6.45, 7) is 0. The Bertz CT molecular complexity index is 668. The number of benzene rings is 2. The van der Waals surface area contributed by atoms with Crippen molar-refractivity contribution < 1.29 is 4.79 Å². The summed E-state index contributed by atoms with van der Waals surface area (Å²) < 4.78 is 0. The third kappa shape index (κ3) is 2.93. The second kappa shape index (κ2) is 6.02. The van der Waals surface area contributed by atoms with Crippen molar-refractivity contribution in [2.75, 3.05) is 0 Å². The van der Waals surface area contributed by atoms with Gasteiger partial charge in [0.2, 0.25) is 5.91 Å². The quantitative estimate of drug-likeness (QED) is 0.946. The molecule has 0 spiro atoms. The van der Waals surface area contributed by atoms with Crippen molar-refractivity contribution in [2.45, 2.75) is 22.6 Å². The average Bonchev–Trinajstić information content (AvgIpc) is 2.97. The summed E-state index contributed by atoms with van der Waals surface area (Å²) in [6.07, 6.45) is 0.722. The number of hydrogen-bond donors (Lipinski definition) is 1. The van der Waals surface area contributed by atoms with Crippen molar-refractivity contribution in [1.29, 1.82) is 5.26 Å². The van der Waals surface area contributed by atoms with Crippen molar-refractivity contribution in [1.82, 2.24) is 5.32 Å². The molecule has 2 aromatic rings. The van der Waals surface area contributed by atoms with Gasteiger partial charge in [0.25, 0.3) is 0 Å². The Morgan fingerprint density at radius 1 is 1.19 bits per heavy atom. The van der Waals surface area contributed by atoms with Crippen LogP contribution in [0.3, 0.4) is 0 Å². The van der Waals surface area contributed by atoms with Gasteiger partial charge in [-0.1, -0.05) is 48.5 Å². The van der Waals surface area contributed by atoms with E-state index in [1.165, 1.54) is 5.56 Å². The van der Waals surface area contributed by atoms with Crippen molar-refractivity contribution in [3.63, 3.8) is 0 Å². The minimum atomic E-state index is -0.594. The number of nitrogens with zero attached hydrogens (tertiary/aromatic N) is 1. The molecule has 0 aromatic heterocycles. The molecule has 1 heterocycles. The van der Waals surface area contributed by atoms with E-state index in [0.717, 1.165) is 16.9 Å². The monoisotopic (exact) mass is 294 g/mol. The van der Waals surface area contributed by atoms with Crippen LogP contribution in [0, 0.1) is 11.3 Å². The van der Waals surface area contributed by atoms with Crippen LogP contribution in [0.1, 0.15) is 17.2 Å². The molecule has 1 aliphatic rings. The summed E-state index contributed by atoms with van der Waals surface area (Å²) in [4.78, 5) is 13.5. The first kappa shape index (κ1) is 13.7. The molecule has 0 bridgehead atoms. The number of thioether (sulfide) groups is 1. The summed E-state index contributed by atoms with van der Waals surface area (Å²) >= 11 is 1.57. The van der Waals surface area contributed by atoms with E-state index < -0.39 is 6.04 Å². The Morgan fingerprint density at radius 2 is 1.90 bits per heavy atom. The topological polar surface area (TPSA) is 52.9 Å². The molecule has 0 saturated carbocycles. The maximum absolute atomic E-state index is 12.4. The van der Waals surface area contributed by atoms with Crippen LogP contribution in [-0.4, -0.2) is 11.2 Å². The largest absolute Gasteiger partial charge is 0.336 e. The minimum absolute atomic E-state index is 0.0772. The highest BCUT2D eigenvalue weighted by molar-refractivity contribution is 8.01. The van der Waals surface area contributed by atoms with Gasteiger partial charge in [-0.05, 0) is 23.6 Å². The van der Waals surface area contributed by atoms with Crippen LogP contribution in [0.5, 0.6) is 0 Å². The average molecular weight is 294 g/mol. The lowest BCUT2D eigenvalue weighted by Crippen LogP contribution is -2.35. The number of amides is 1. The maximum atomic E-state index is 12.4. The molecule has 3 nitrogen and oxygen atoms in total. The van der Waals surface area contributed by atoms with Crippen molar-refractivity contribution in [3.8, 4) is 6.07 Å². The molecular weight excluding hydrogens is 280 g/mol. The van der Waals surface area contributed by atoms with E-state index in [1.807, 2.05) is 48.5 Å². The summed E-state index contributed by atoms with van der Waals surface area (Å²) in [5, 5.41) is 12.0. The van der Waals surface area contributed by atoms with Gasteiger partial charge >= 0.3 is 0 Å². The number of nitrogens with one attached hydrogen (secondary N) is 1. The Balaban J connectivity index is 1.69. The van der Waals surface area contributed by atoms with Crippen LogP contribution in [0.25, 0.3) is 0 Å². The van der Waals surface area contributed by atoms with E-state index in [4.69, 9.17) is 0 Å².